The van der Waals surface area contributed by atoms with Crippen LogP contribution in [0.5, 0.6) is 5.75 Å². The van der Waals surface area contributed by atoms with E-state index in [1.165, 1.54) is 0 Å². The van der Waals surface area contributed by atoms with Crippen molar-refractivity contribution >= 4 is 11.9 Å². The summed E-state index contributed by atoms with van der Waals surface area (Å²) in [5.41, 5.74) is 3.76. The van der Waals surface area contributed by atoms with E-state index < -0.39 is 5.92 Å². The van der Waals surface area contributed by atoms with Crippen molar-refractivity contribution in [2.24, 2.45) is 5.16 Å². The molecule has 1 fully saturated rings. The van der Waals surface area contributed by atoms with Crippen molar-refractivity contribution in [1.29, 1.82) is 0 Å². The molecule has 6 nitrogen and oxygen atoms in total. The first-order chi connectivity index (χ1) is 14.3. The number of aryl methyl sites for hydroxylation is 1. The fourth-order valence-corrected chi connectivity index (χ4v) is 4.05. The Bertz CT molecular complexity index is 978. The molecule has 2 aromatic rings. The number of rotatable bonds is 5. The van der Waals surface area contributed by atoms with E-state index in [4.69, 9.17) is 9.57 Å². The highest BCUT2D eigenvalue weighted by Gasteiger charge is 2.37. The van der Waals surface area contributed by atoms with Crippen LogP contribution in [-0.2, 0) is 4.84 Å². The van der Waals surface area contributed by atoms with Crippen LogP contribution >= 0.6 is 0 Å². The molecule has 0 aliphatic carbocycles. The lowest BCUT2D eigenvalue weighted by molar-refractivity contribution is -0.0341. The largest absolute Gasteiger partial charge is 0.495 e. The van der Waals surface area contributed by atoms with Gasteiger partial charge in [0.25, 0.3) is 0 Å². The zero-order valence-electron chi connectivity index (χ0n) is 17.4. The van der Waals surface area contributed by atoms with E-state index in [2.05, 4.69) is 10.1 Å². The van der Waals surface area contributed by atoms with Crippen LogP contribution in [-0.4, -0.2) is 52.5 Å². The molecule has 2 aliphatic heterocycles. The number of benzene rings is 1. The Morgan fingerprint density at radius 2 is 2.20 bits per heavy atom. The van der Waals surface area contributed by atoms with Crippen LogP contribution in [0.3, 0.4) is 0 Å². The molecular formula is C22H26F2N4O2. The van der Waals surface area contributed by atoms with E-state index in [0.29, 0.717) is 12.4 Å². The van der Waals surface area contributed by atoms with Crippen LogP contribution in [0, 0.1) is 6.92 Å². The molecule has 0 spiro atoms. The van der Waals surface area contributed by atoms with E-state index in [1.54, 1.807) is 13.4 Å². The number of oxime groups is 1. The summed E-state index contributed by atoms with van der Waals surface area (Å²) in [7, 11) is 1.64. The van der Waals surface area contributed by atoms with Crippen LogP contribution in [0.15, 0.2) is 41.5 Å². The predicted octanol–water partition coefficient (Wildman–Crippen LogP) is 4.43. The average Bonchev–Trinajstić information content (AvgIpc) is 3.13. The summed E-state index contributed by atoms with van der Waals surface area (Å²) in [6.07, 6.45) is 7.19. The number of nitrogens with zero attached hydrogens (tertiary/aromatic N) is 4. The van der Waals surface area contributed by atoms with Gasteiger partial charge in [0.15, 0.2) is 5.84 Å². The lowest BCUT2D eigenvalue weighted by Gasteiger charge is -2.40. The topological polar surface area (TPSA) is 51.9 Å². The minimum atomic E-state index is -2.74. The molecule has 0 N–H and O–H groups in total. The Labute approximate surface area is 174 Å². The Balaban J connectivity index is 1.62. The van der Waals surface area contributed by atoms with E-state index >= 15 is 0 Å². The molecule has 1 saturated heterocycles. The molecule has 1 unspecified atom stereocenters. The third-order valence-corrected chi connectivity index (χ3v) is 5.39. The van der Waals surface area contributed by atoms with Crippen LogP contribution in [0.1, 0.15) is 37.4 Å². The van der Waals surface area contributed by atoms with Crippen molar-refractivity contribution in [3.05, 3.63) is 47.6 Å². The highest BCUT2D eigenvalue weighted by molar-refractivity contribution is 6.02. The second-order valence-corrected chi connectivity index (χ2v) is 7.96. The Kier molecular flexibility index (Phi) is 5.49. The van der Waals surface area contributed by atoms with Crippen LogP contribution < -0.4 is 4.74 Å². The van der Waals surface area contributed by atoms with Crippen molar-refractivity contribution < 1.29 is 18.4 Å². The number of imidazole rings is 1. The zero-order valence-corrected chi connectivity index (χ0v) is 17.4. The van der Waals surface area contributed by atoms with Crippen LogP contribution in [0.25, 0.3) is 11.8 Å². The van der Waals surface area contributed by atoms with E-state index in [1.807, 2.05) is 46.9 Å². The number of fused-ring (bicyclic) bond motifs is 1. The Morgan fingerprint density at radius 1 is 1.37 bits per heavy atom. The zero-order chi connectivity index (χ0) is 21.3. The molecule has 0 amide bonds. The van der Waals surface area contributed by atoms with Gasteiger partial charge < -0.3 is 19.0 Å². The number of hydrogen-bond acceptors (Lipinski definition) is 5. The minimum absolute atomic E-state index is 0.188. The van der Waals surface area contributed by atoms with E-state index in [-0.39, 0.29) is 19.1 Å². The van der Waals surface area contributed by atoms with Gasteiger partial charge >= 0.3 is 0 Å². The summed E-state index contributed by atoms with van der Waals surface area (Å²) in [5.74, 6) is -1.36. The maximum Gasteiger partial charge on any atom is 0.247 e. The number of methoxy groups -OCH3 is 1. The van der Waals surface area contributed by atoms with Gasteiger partial charge in [0.1, 0.15) is 12.4 Å². The second-order valence-electron chi connectivity index (χ2n) is 7.96. The lowest BCUT2D eigenvalue weighted by Crippen LogP contribution is -2.50. The highest BCUT2D eigenvalue weighted by atomic mass is 19.3. The van der Waals surface area contributed by atoms with Gasteiger partial charge in [0.05, 0.1) is 30.9 Å². The van der Waals surface area contributed by atoms with Crippen molar-refractivity contribution in [2.75, 3.05) is 20.3 Å². The molecular weight excluding hydrogens is 390 g/mol. The maximum absolute atomic E-state index is 13.6. The monoisotopic (exact) mass is 416 g/mol. The molecule has 160 valence electrons. The average molecular weight is 416 g/mol. The van der Waals surface area contributed by atoms with Crippen molar-refractivity contribution in [1.82, 2.24) is 14.5 Å². The van der Waals surface area contributed by atoms with Gasteiger partial charge in [-0.15, -0.1) is 0 Å². The highest BCUT2D eigenvalue weighted by Crippen LogP contribution is 2.32. The number of aromatic nitrogens is 2. The number of alkyl halides is 2. The van der Waals surface area contributed by atoms with Crippen molar-refractivity contribution in [3.63, 3.8) is 0 Å². The molecule has 1 aromatic heterocycles. The summed E-state index contributed by atoms with van der Waals surface area (Å²) in [4.78, 5) is 11.6. The molecule has 2 aliphatic rings. The number of piperidine rings is 1. The van der Waals surface area contributed by atoms with Gasteiger partial charge in [-0.3, -0.25) is 0 Å². The Hall–Kier alpha value is -2.90. The fourth-order valence-electron chi connectivity index (χ4n) is 4.05. The number of halogens is 2. The van der Waals surface area contributed by atoms with E-state index in [0.717, 1.165) is 48.0 Å². The summed E-state index contributed by atoms with van der Waals surface area (Å²) in [6, 6.07) is 5.56. The first kappa shape index (κ1) is 20.4. The molecule has 8 heteroatoms. The van der Waals surface area contributed by atoms with Gasteiger partial charge in [-0.1, -0.05) is 11.2 Å². The summed E-state index contributed by atoms with van der Waals surface area (Å²) in [6.45, 7) is 3.79. The predicted molar refractivity (Wildman–Crippen MR) is 111 cm³/mol. The van der Waals surface area contributed by atoms with E-state index in [9.17, 15) is 8.78 Å². The summed E-state index contributed by atoms with van der Waals surface area (Å²) >= 11 is 0. The first-order valence-corrected chi connectivity index (χ1v) is 10.1. The molecule has 30 heavy (non-hydrogen) atoms. The third-order valence-electron chi connectivity index (χ3n) is 5.39. The molecule has 1 aromatic carbocycles. The normalized spacial score (nSPS) is 20.6. The standard InChI is InChI=1S/C22H26F2N4O2/c1-15-12-27(14-25-15)19-7-6-16(10-20(19)29-3)9-17-5-4-8-28-18(11-22(2,23)24)13-30-26-21(17)28/h6-7,9-10,12,14,18H,4-5,8,11,13H2,1-3H3/b17-9+. The third kappa shape index (κ3) is 4.32. The maximum atomic E-state index is 13.6. The van der Waals surface area contributed by atoms with Crippen LogP contribution in [0.2, 0.25) is 0 Å². The van der Waals surface area contributed by atoms with Crippen molar-refractivity contribution in [3.8, 4) is 11.4 Å². The van der Waals surface area contributed by atoms with Crippen LogP contribution in [0.4, 0.5) is 8.78 Å². The first-order valence-electron chi connectivity index (χ1n) is 10.1. The molecule has 4 rings (SSSR count). The number of amidine groups is 1. The summed E-state index contributed by atoms with van der Waals surface area (Å²) in [5, 5.41) is 4.21. The Morgan fingerprint density at radius 3 is 2.90 bits per heavy atom. The number of ether oxygens (including phenoxy) is 1. The van der Waals surface area contributed by atoms with Gasteiger partial charge in [-0.2, -0.15) is 0 Å². The SMILES string of the molecule is COc1cc(/C=C2\CCCN3C2=NOCC3CC(C)(F)F)ccc1-n1cnc(C)c1. The fraction of sp³-hybridized carbons (Fsp3) is 0.455. The van der Waals surface area contributed by atoms with Crippen molar-refractivity contribution in [2.45, 2.75) is 45.1 Å². The second kappa shape index (κ2) is 8.08. The summed E-state index contributed by atoms with van der Waals surface area (Å²) < 4.78 is 34.7. The van der Waals surface area contributed by atoms with Gasteiger partial charge in [0.2, 0.25) is 5.92 Å². The molecule has 0 bridgehead atoms. The van der Waals surface area contributed by atoms with Gasteiger partial charge in [-0.25, -0.2) is 13.8 Å². The molecule has 1 atom stereocenters. The number of hydrogen-bond donors (Lipinski definition) is 0. The lowest BCUT2D eigenvalue weighted by atomic mass is 9.96. The molecule has 0 saturated carbocycles. The van der Waals surface area contributed by atoms with Gasteiger partial charge in [0, 0.05) is 19.2 Å². The minimum Gasteiger partial charge on any atom is -0.495 e. The quantitative estimate of drug-likeness (QED) is 0.724. The molecule has 0 radical (unpaired) electrons. The van der Waals surface area contributed by atoms with Gasteiger partial charge in [-0.05, 0) is 56.0 Å². The smallest absolute Gasteiger partial charge is 0.247 e. The molecule has 3 heterocycles.